The first-order chi connectivity index (χ1) is 12.2. The molecule has 0 radical (unpaired) electrons. The van der Waals surface area contributed by atoms with Crippen molar-refractivity contribution < 1.29 is 9.21 Å². The Morgan fingerprint density at radius 3 is 2.88 bits per heavy atom. The van der Waals surface area contributed by atoms with Crippen molar-refractivity contribution in [2.45, 2.75) is 39.2 Å². The first-order valence-electron chi connectivity index (χ1n) is 8.99. The quantitative estimate of drug-likeness (QED) is 0.681. The number of carbonyl (C=O) groups excluding carboxylic acids is 1. The third-order valence-corrected chi connectivity index (χ3v) is 5.44. The maximum absolute atomic E-state index is 12.5. The molecule has 25 heavy (non-hydrogen) atoms. The molecule has 1 fully saturated rings. The van der Waals surface area contributed by atoms with Gasteiger partial charge in [-0.15, -0.1) is 0 Å². The highest BCUT2D eigenvalue weighted by molar-refractivity contribution is 5.99. The van der Waals surface area contributed by atoms with Crippen LogP contribution in [0.15, 0.2) is 39.7 Å². The Hall–Kier alpha value is -2.62. The van der Waals surface area contributed by atoms with E-state index in [1.807, 2.05) is 4.57 Å². The van der Waals surface area contributed by atoms with Crippen LogP contribution in [0.1, 0.15) is 41.3 Å². The maximum Gasteiger partial charge on any atom is 0.193 e. The first-order valence-corrected chi connectivity index (χ1v) is 8.99. The van der Waals surface area contributed by atoms with Gasteiger partial charge in [-0.25, -0.2) is 0 Å². The van der Waals surface area contributed by atoms with Crippen LogP contribution in [-0.4, -0.2) is 10.4 Å². The average Bonchev–Trinajstić information content (AvgIpc) is 3.41. The molecule has 1 aromatic carbocycles. The predicted molar refractivity (Wildman–Crippen MR) is 96.0 cm³/mol. The van der Waals surface area contributed by atoms with E-state index >= 15 is 0 Å². The Bertz CT molecular complexity index is 1080. The van der Waals surface area contributed by atoms with Gasteiger partial charge >= 0.3 is 0 Å². The number of Topliss-reactive ketones (excluding diaryl/α,β-unsaturated/α-hetero) is 1. The zero-order valence-electron chi connectivity index (χ0n) is 14.2. The molecule has 4 nitrogen and oxygen atoms in total. The Labute approximate surface area is 145 Å². The van der Waals surface area contributed by atoms with E-state index in [0.717, 1.165) is 54.7 Å². The lowest BCUT2D eigenvalue weighted by atomic mass is 9.99. The zero-order chi connectivity index (χ0) is 17.1. The van der Waals surface area contributed by atoms with Gasteiger partial charge in [-0.1, -0.05) is 19.1 Å². The number of aromatic nitrogens is 1. The number of fused-ring (bicyclic) bond motifs is 5. The second-order valence-electron chi connectivity index (χ2n) is 7.11. The van der Waals surface area contributed by atoms with Crippen molar-refractivity contribution in [1.29, 1.82) is 0 Å². The lowest BCUT2D eigenvalue weighted by Crippen LogP contribution is -2.22. The second kappa shape index (κ2) is 5.19. The second-order valence-corrected chi connectivity index (χ2v) is 7.11. The number of nitrogens with zero attached hydrogens (tertiary/aromatic N) is 1. The Morgan fingerprint density at radius 2 is 2.12 bits per heavy atom. The summed E-state index contributed by atoms with van der Waals surface area (Å²) in [6.07, 6.45) is 5.37. The average molecular weight is 333 g/mol. The number of furan rings is 1. The number of rotatable bonds is 3. The summed E-state index contributed by atoms with van der Waals surface area (Å²) in [4.78, 5) is 24.8. The minimum absolute atomic E-state index is 0.00305. The fourth-order valence-corrected chi connectivity index (χ4v) is 3.81. The van der Waals surface area contributed by atoms with Gasteiger partial charge in [0.05, 0.1) is 11.3 Å². The normalized spacial score (nSPS) is 15.9. The van der Waals surface area contributed by atoms with Crippen molar-refractivity contribution in [3.8, 4) is 11.5 Å². The van der Waals surface area contributed by atoms with Crippen LogP contribution in [-0.2, 0) is 19.4 Å². The lowest BCUT2D eigenvalue weighted by Gasteiger charge is -2.19. The van der Waals surface area contributed by atoms with E-state index in [1.54, 1.807) is 12.3 Å². The summed E-state index contributed by atoms with van der Waals surface area (Å²) in [5.41, 5.74) is 4.21. The van der Waals surface area contributed by atoms with Gasteiger partial charge < -0.3 is 8.98 Å². The van der Waals surface area contributed by atoms with E-state index in [9.17, 15) is 9.59 Å². The Balaban J connectivity index is 1.68. The summed E-state index contributed by atoms with van der Waals surface area (Å²) in [5, 5.41) is 1.13. The molecule has 3 heterocycles. The lowest BCUT2D eigenvalue weighted by molar-refractivity contribution is 0.0966. The molecule has 0 amide bonds. The van der Waals surface area contributed by atoms with Gasteiger partial charge in [-0.3, -0.25) is 9.59 Å². The van der Waals surface area contributed by atoms with Crippen molar-refractivity contribution in [2.75, 3.05) is 0 Å². The van der Waals surface area contributed by atoms with E-state index in [0.29, 0.717) is 5.56 Å². The fraction of sp³-hybridized carbons (Fsp3) is 0.333. The van der Waals surface area contributed by atoms with Gasteiger partial charge in [0.25, 0.3) is 0 Å². The van der Waals surface area contributed by atoms with Gasteiger partial charge in [-0.05, 0) is 37.3 Å². The number of aryl methyl sites for hydroxylation is 3. The SMILES string of the molecule is CCc1ccc2c3c(oc2c1)-c1cc(=O)c(C(=O)C2CC2)cn1CC3. The molecule has 3 aromatic rings. The molecular weight excluding hydrogens is 314 g/mol. The fourth-order valence-electron chi connectivity index (χ4n) is 3.81. The molecule has 0 bridgehead atoms. The topological polar surface area (TPSA) is 52.2 Å². The van der Waals surface area contributed by atoms with Crippen molar-refractivity contribution in [1.82, 2.24) is 4.57 Å². The molecule has 126 valence electrons. The van der Waals surface area contributed by atoms with E-state index in [1.165, 1.54) is 11.1 Å². The van der Waals surface area contributed by atoms with Gasteiger partial charge in [0.2, 0.25) is 0 Å². The monoisotopic (exact) mass is 333 g/mol. The van der Waals surface area contributed by atoms with Crippen molar-refractivity contribution >= 4 is 16.8 Å². The molecule has 2 aliphatic rings. The minimum Gasteiger partial charge on any atom is -0.454 e. The number of pyridine rings is 1. The summed E-state index contributed by atoms with van der Waals surface area (Å²) >= 11 is 0. The van der Waals surface area contributed by atoms with Crippen LogP contribution >= 0.6 is 0 Å². The molecule has 1 aliphatic heterocycles. The molecule has 5 rings (SSSR count). The molecule has 4 heteroatoms. The number of hydrogen-bond acceptors (Lipinski definition) is 3. The van der Waals surface area contributed by atoms with Gasteiger partial charge in [0.1, 0.15) is 5.58 Å². The van der Waals surface area contributed by atoms with Gasteiger partial charge in [-0.2, -0.15) is 0 Å². The molecule has 0 saturated heterocycles. The molecule has 0 spiro atoms. The van der Waals surface area contributed by atoms with Crippen LogP contribution < -0.4 is 5.43 Å². The highest BCUT2D eigenvalue weighted by atomic mass is 16.3. The minimum atomic E-state index is -0.189. The van der Waals surface area contributed by atoms with E-state index in [4.69, 9.17) is 4.42 Å². The highest BCUT2D eigenvalue weighted by Crippen LogP contribution is 2.38. The van der Waals surface area contributed by atoms with Crippen LogP contribution in [0.5, 0.6) is 0 Å². The largest absolute Gasteiger partial charge is 0.454 e. The molecule has 1 aliphatic carbocycles. The van der Waals surface area contributed by atoms with E-state index < -0.39 is 0 Å². The molecule has 0 atom stereocenters. The summed E-state index contributed by atoms with van der Waals surface area (Å²) in [6, 6.07) is 7.92. The predicted octanol–water partition coefficient (Wildman–Crippen LogP) is 3.97. The number of carbonyl (C=O) groups is 1. The Morgan fingerprint density at radius 1 is 1.28 bits per heavy atom. The van der Waals surface area contributed by atoms with Gasteiger partial charge in [0.15, 0.2) is 17.0 Å². The smallest absolute Gasteiger partial charge is 0.193 e. The summed E-state index contributed by atoms with van der Waals surface area (Å²) in [5.74, 6) is 0.837. The van der Waals surface area contributed by atoms with Crippen LogP contribution in [0.2, 0.25) is 0 Å². The molecular formula is C21H19NO3. The van der Waals surface area contributed by atoms with Crippen molar-refractivity contribution in [3.63, 3.8) is 0 Å². The number of benzene rings is 1. The first kappa shape index (κ1) is 14.7. The summed E-state index contributed by atoms with van der Waals surface area (Å²) < 4.78 is 8.13. The number of hydrogen-bond donors (Lipinski definition) is 0. The van der Waals surface area contributed by atoms with Crippen LogP contribution in [0.4, 0.5) is 0 Å². The van der Waals surface area contributed by atoms with Crippen LogP contribution in [0.3, 0.4) is 0 Å². The van der Waals surface area contributed by atoms with E-state index in [2.05, 4.69) is 25.1 Å². The maximum atomic E-state index is 12.5. The molecule has 1 saturated carbocycles. The highest BCUT2D eigenvalue weighted by Gasteiger charge is 2.33. The number of ketones is 1. The third kappa shape index (κ3) is 2.20. The summed E-state index contributed by atoms with van der Waals surface area (Å²) in [6.45, 7) is 2.88. The Kier molecular flexibility index (Phi) is 3.05. The van der Waals surface area contributed by atoms with Crippen LogP contribution in [0, 0.1) is 5.92 Å². The third-order valence-electron chi connectivity index (χ3n) is 5.44. The van der Waals surface area contributed by atoms with Gasteiger partial charge in [0, 0.05) is 35.7 Å². The van der Waals surface area contributed by atoms with E-state index in [-0.39, 0.29) is 17.1 Å². The van der Waals surface area contributed by atoms with Crippen LogP contribution in [0.25, 0.3) is 22.4 Å². The van der Waals surface area contributed by atoms with Crippen molar-refractivity contribution in [3.05, 3.63) is 57.4 Å². The standard InChI is InChI=1S/C21H19NO3/c1-2-12-3-6-14-15-7-8-22-11-16(20(24)13-4-5-13)18(23)10-17(22)21(15)25-19(14)9-12/h3,6,9-11,13H,2,4-5,7-8H2,1H3. The molecule has 0 N–H and O–H groups in total. The molecule has 2 aromatic heterocycles. The zero-order valence-corrected chi connectivity index (χ0v) is 14.2. The van der Waals surface area contributed by atoms with Crippen molar-refractivity contribution in [2.24, 2.45) is 5.92 Å². The summed E-state index contributed by atoms with van der Waals surface area (Å²) in [7, 11) is 0. The molecule has 0 unspecified atom stereocenters.